The second-order valence-electron chi connectivity index (χ2n) is 5.61. The molecule has 0 atom stereocenters. The van der Waals surface area contributed by atoms with Gasteiger partial charge in [0.15, 0.2) is 0 Å². The van der Waals surface area contributed by atoms with Crippen molar-refractivity contribution in [1.82, 2.24) is 5.32 Å². The topological polar surface area (TPSA) is 66.4 Å². The van der Waals surface area contributed by atoms with E-state index >= 15 is 0 Å². The predicted octanol–water partition coefficient (Wildman–Crippen LogP) is 3.60. The van der Waals surface area contributed by atoms with Crippen molar-refractivity contribution in [2.75, 3.05) is 6.54 Å². The largest absolute Gasteiger partial charge is 0.478 e. The lowest BCUT2D eigenvalue weighted by Gasteiger charge is -2.22. The molecule has 21 heavy (non-hydrogen) atoms. The minimum absolute atomic E-state index is 0.0453. The third-order valence-electron chi connectivity index (χ3n) is 3.35. The molecule has 0 fully saturated rings. The van der Waals surface area contributed by atoms with Crippen LogP contribution < -0.4 is 5.32 Å². The molecule has 0 aliphatic carbocycles. The smallest absolute Gasteiger partial charge is 0.328 e. The van der Waals surface area contributed by atoms with Crippen LogP contribution in [-0.4, -0.2) is 23.5 Å². The van der Waals surface area contributed by atoms with E-state index in [9.17, 15) is 9.59 Å². The molecule has 0 bridgehead atoms. The van der Waals surface area contributed by atoms with Gasteiger partial charge in [0.1, 0.15) is 0 Å². The van der Waals surface area contributed by atoms with Crippen LogP contribution in [0.3, 0.4) is 0 Å². The number of benzene rings is 1. The molecule has 114 valence electrons. The van der Waals surface area contributed by atoms with Crippen molar-refractivity contribution in [2.45, 2.75) is 27.2 Å². The zero-order valence-electron chi connectivity index (χ0n) is 12.4. The van der Waals surface area contributed by atoms with Crippen LogP contribution in [0.1, 0.15) is 43.1 Å². The van der Waals surface area contributed by atoms with E-state index in [0.29, 0.717) is 22.7 Å². The van der Waals surface area contributed by atoms with Gasteiger partial charge in [-0.3, -0.25) is 4.79 Å². The van der Waals surface area contributed by atoms with Crippen molar-refractivity contribution >= 4 is 29.6 Å². The van der Waals surface area contributed by atoms with Crippen molar-refractivity contribution in [3.8, 4) is 0 Å². The molecule has 0 saturated carbocycles. The Bertz CT molecular complexity index is 565. The summed E-state index contributed by atoms with van der Waals surface area (Å²) in [5.74, 6) is -1.23. The summed E-state index contributed by atoms with van der Waals surface area (Å²) in [5.41, 5.74) is 1.06. The average molecular weight is 310 g/mol. The summed E-state index contributed by atoms with van der Waals surface area (Å²) in [6, 6.07) is 4.79. The van der Waals surface area contributed by atoms with Crippen molar-refractivity contribution < 1.29 is 14.7 Å². The zero-order chi connectivity index (χ0) is 16.0. The van der Waals surface area contributed by atoms with E-state index in [4.69, 9.17) is 16.7 Å². The Morgan fingerprint density at radius 2 is 2.05 bits per heavy atom. The summed E-state index contributed by atoms with van der Waals surface area (Å²) < 4.78 is 0. The van der Waals surface area contributed by atoms with Crippen molar-refractivity contribution in [2.24, 2.45) is 5.41 Å². The van der Waals surface area contributed by atoms with E-state index in [-0.39, 0.29) is 11.3 Å². The number of hydrogen-bond acceptors (Lipinski definition) is 2. The van der Waals surface area contributed by atoms with Crippen LogP contribution >= 0.6 is 11.6 Å². The molecule has 0 aliphatic heterocycles. The fraction of sp³-hybridized carbons (Fsp3) is 0.375. The summed E-state index contributed by atoms with van der Waals surface area (Å²) in [5, 5.41) is 11.8. The fourth-order valence-electron chi connectivity index (χ4n) is 1.51. The predicted molar refractivity (Wildman–Crippen MR) is 84.5 cm³/mol. The molecule has 0 aliphatic rings. The van der Waals surface area contributed by atoms with Gasteiger partial charge in [0, 0.05) is 23.2 Å². The molecule has 0 aromatic heterocycles. The Hall–Kier alpha value is -1.81. The second kappa shape index (κ2) is 7.27. The van der Waals surface area contributed by atoms with Gasteiger partial charge >= 0.3 is 5.97 Å². The zero-order valence-corrected chi connectivity index (χ0v) is 13.2. The maximum absolute atomic E-state index is 12.1. The minimum Gasteiger partial charge on any atom is -0.478 e. The first kappa shape index (κ1) is 17.2. The lowest BCUT2D eigenvalue weighted by atomic mass is 9.90. The molecule has 1 aromatic carbocycles. The number of carboxylic acids is 1. The van der Waals surface area contributed by atoms with Gasteiger partial charge < -0.3 is 10.4 Å². The first-order valence-electron chi connectivity index (χ1n) is 6.74. The molecular weight excluding hydrogens is 290 g/mol. The van der Waals surface area contributed by atoms with E-state index < -0.39 is 5.97 Å². The van der Waals surface area contributed by atoms with Gasteiger partial charge in [-0.2, -0.15) is 0 Å². The second-order valence-corrected chi connectivity index (χ2v) is 6.02. The number of carbonyl (C=O) groups is 2. The fourth-order valence-corrected chi connectivity index (χ4v) is 1.75. The number of hydrogen-bond donors (Lipinski definition) is 2. The molecule has 1 amide bonds. The molecule has 0 saturated heterocycles. The number of carbonyl (C=O) groups excluding carboxylic acids is 1. The van der Waals surface area contributed by atoms with Gasteiger partial charge in [0.2, 0.25) is 0 Å². The van der Waals surface area contributed by atoms with Crippen LogP contribution in [0, 0.1) is 5.41 Å². The van der Waals surface area contributed by atoms with Gasteiger partial charge in [0.25, 0.3) is 5.91 Å². The summed E-state index contributed by atoms with van der Waals surface area (Å²) in [6.07, 6.45) is 3.37. The molecule has 0 radical (unpaired) electrons. The summed E-state index contributed by atoms with van der Waals surface area (Å²) in [4.78, 5) is 22.5. The maximum Gasteiger partial charge on any atom is 0.328 e. The normalized spacial score (nSPS) is 11.6. The lowest BCUT2D eigenvalue weighted by Crippen LogP contribution is -2.33. The van der Waals surface area contributed by atoms with E-state index in [1.807, 2.05) is 0 Å². The van der Waals surface area contributed by atoms with Crippen molar-refractivity contribution in [1.29, 1.82) is 0 Å². The molecular formula is C16H20ClNO3. The molecule has 0 spiro atoms. The molecule has 0 unspecified atom stereocenters. The highest BCUT2D eigenvalue weighted by molar-refractivity contribution is 6.32. The van der Waals surface area contributed by atoms with Crippen LogP contribution in [0.5, 0.6) is 0 Å². The Morgan fingerprint density at radius 1 is 1.38 bits per heavy atom. The van der Waals surface area contributed by atoms with Gasteiger partial charge in [-0.05, 0) is 35.6 Å². The number of amides is 1. The van der Waals surface area contributed by atoms with E-state index in [1.54, 1.807) is 12.1 Å². The Morgan fingerprint density at radius 3 is 2.57 bits per heavy atom. The van der Waals surface area contributed by atoms with Crippen LogP contribution in [0.2, 0.25) is 5.02 Å². The number of aliphatic carboxylic acids is 1. The Kier molecular flexibility index (Phi) is 5.97. The summed E-state index contributed by atoms with van der Waals surface area (Å²) in [7, 11) is 0. The maximum atomic E-state index is 12.1. The van der Waals surface area contributed by atoms with Gasteiger partial charge in [-0.15, -0.1) is 0 Å². The van der Waals surface area contributed by atoms with Gasteiger partial charge in [-0.25, -0.2) is 4.79 Å². The van der Waals surface area contributed by atoms with Gasteiger partial charge in [0.05, 0.1) is 0 Å². The third kappa shape index (κ3) is 5.60. The molecule has 2 N–H and O–H groups in total. The molecule has 1 aromatic rings. The van der Waals surface area contributed by atoms with E-state index in [0.717, 1.165) is 12.5 Å². The molecule has 1 rings (SSSR count). The van der Waals surface area contributed by atoms with Crippen LogP contribution in [0.4, 0.5) is 0 Å². The Labute approximate surface area is 129 Å². The first-order valence-corrected chi connectivity index (χ1v) is 7.12. The highest BCUT2D eigenvalue weighted by Gasteiger charge is 2.17. The summed E-state index contributed by atoms with van der Waals surface area (Å²) in [6.45, 7) is 6.83. The highest BCUT2D eigenvalue weighted by atomic mass is 35.5. The van der Waals surface area contributed by atoms with E-state index in [2.05, 4.69) is 26.1 Å². The molecule has 4 nitrogen and oxygen atoms in total. The minimum atomic E-state index is -1.05. The molecule has 5 heteroatoms. The quantitative estimate of drug-likeness (QED) is 0.789. The summed E-state index contributed by atoms with van der Waals surface area (Å²) >= 11 is 6.05. The SMILES string of the molecule is CCC(C)(C)CNC(=O)c1ccc(/C=C/C(=O)O)c(Cl)c1. The highest BCUT2D eigenvalue weighted by Crippen LogP contribution is 2.21. The Balaban J connectivity index is 2.79. The monoisotopic (exact) mass is 309 g/mol. The number of nitrogens with one attached hydrogen (secondary N) is 1. The molecule has 0 heterocycles. The average Bonchev–Trinajstić information content (AvgIpc) is 2.43. The van der Waals surface area contributed by atoms with Crippen molar-refractivity contribution in [3.63, 3.8) is 0 Å². The van der Waals surface area contributed by atoms with Crippen LogP contribution in [0.15, 0.2) is 24.3 Å². The number of carboxylic acid groups (broad SMARTS) is 1. The van der Waals surface area contributed by atoms with Crippen LogP contribution in [-0.2, 0) is 4.79 Å². The van der Waals surface area contributed by atoms with Crippen LogP contribution in [0.25, 0.3) is 6.08 Å². The van der Waals surface area contributed by atoms with Gasteiger partial charge in [-0.1, -0.05) is 38.4 Å². The standard InChI is InChI=1S/C16H20ClNO3/c1-4-16(2,3)10-18-15(21)12-6-5-11(13(17)9-12)7-8-14(19)20/h5-9H,4,10H2,1-3H3,(H,18,21)(H,19,20)/b8-7+. The number of rotatable bonds is 6. The first-order chi connectivity index (χ1) is 9.75. The third-order valence-corrected chi connectivity index (χ3v) is 3.68. The van der Waals surface area contributed by atoms with E-state index in [1.165, 1.54) is 12.1 Å². The lowest BCUT2D eigenvalue weighted by molar-refractivity contribution is -0.131. The number of halogens is 1. The van der Waals surface area contributed by atoms with Crippen molar-refractivity contribution in [3.05, 3.63) is 40.4 Å².